The molecule has 0 aliphatic heterocycles. The number of benzene rings is 2. The Morgan fingerprint density at radius 3 is 2.18 bits per heavy atom. The van der Waals surface area contributed by atoms with E-state index in [4.69, 9.17) is 18.9 Å². The summed E-state index contributed by atoms with van der Waals surface area (Å²) in [4.78, 5) is 4.25. The molecule has 0 radical (unpaired) electrons. The third-order valence-electron chi connectivity index (χ3n) is 4.09. The van der Waals surface area contributed by atoms with Crippen molar-refractivity contribution in [3.8, 4) is 23.0 Å². The zero-order valence-corrected chi connectivity index (χ0v) is 17.1. The highest BCUT2D eigenvalue weighted by molar-refractivity contribution is 5.79. The van der Waals surface area contributed by atoms with Gasteiger partial charge in [-0.2, -0.15) is 0 Å². The van der Waals surface area contributed by atoms with Gasteiger partial charge in [0.15, 0.2) is 17.5 Å². The van der Waals surface area contributed by atoms with E-state index in [1.165, 1.54) is 0 Å². The molecule has 0 saturated carbocycles. The van der Waals surface area contributed by atoms with E-state index in [2.05, 4.69) is 15.6 Å². The maximum absolute atomic E-state index is 5.90. The highest BCUT2D eigenvalue weighted by atomic mass is 16.5. The van der Waals surface area contributed by atoms with Crippen LogP contribution in [0.1, 0.15) is 12.5 Å². The van der Waals surface area contributed by atoms with Gasteiger partial charge in [0.1, 0.15) is 17.6 Å². The molecule has 152 valence electrons. The maximum Gasteiger partial charge on any atom is 0.191 e. The molecule has 7 nitrogen and oxygen atoms in total. The Bertz CT molecular complexity index is 763. The number of nitrogens with one attached hydrogen (secondary N) is 2. The molecular weight excluding hydrogens is 358 g/mol. The first-order valence-electron chi connectivity index (χ1n) is 9.05. The van der Waals surface area contributed by atoms with Crippen LogP contribution < -0.4 is 29.6 Å². The number of hydrogen-bond donors (Lipinski definition) is 2. The van der Waals surface area contributed by atoms with Crippen LogP contribution in [0.3, 0.4) is 0 Å². The molecule has 7 heteroatoms. The van der Waals surface area contributed by atoms with E-state index in [0.717, 1.165) is 17.1 Å². The summed E-state index contributed by atoms with van der Waals surface area (Å²) in [6.07, 6.45) is -0.0342. The van der Waals surface area contributed by atoms with Crippen LogP contribution in [0, 0.1) is 0 Å². The molecule has 0 saturated heterocycles. The van der Waals surface area contributed by atoms with E-state index >= 15 is 0 Å². The van der Waals surface area contributed by atoms with Gasteiger partial charge in [-0.25, -0.2) is 0 Å². The fourth-order valence-electron chi connectivity index (χ4n) is 2.57. The summed E-state index contributed by atoms with van der Waals surface area (Å²) in [5, 5.41) is 6.55. The second kappa shape index (κ2) is 10.9. The number of nitrogens with zero attached hydrogens (tertiary/aromatic N) is 1. The molecule has 28 heavy (non-hydrogen) atoms. The Morgan fingerprint density at radius 2 is 1.57 bits per heavy atom. The molecule has 0 bridgehead atoms. The Morgan fingerprint density at radius 1 is 0.893 bits per heavy atom. The molecule has 2 N–H and O–H groups in total. The molecule has 2 rings (SSSR count). The molecule has 1 atom stereocenters. The van der Waals surface area contributed by atoms with Gasteiger partial charge >= 0.3 is 0 Å². The quantitative estimate of drug-likeness (QED) is 0.509. The number of aliphatic imine (C=N–C) groups is 1. The van der Waals surface area contributed by atoms with Gasteiger partial charge in [0.25, 0.3) is 0 Å². The number of rotatable bonds is 9. The number of hydrogen-bond acceptors (Lipinski definition) is 5. The predicted molar refractivity (Wildman–Crippen MR) is 111 cm³/mol. The van der Waals surface area contributed by atoms with Gasteiger partial charge in [0, 0.05) is 13.6 Å². The number of ether oxygens (including phenoxy) is 4. The topological polar surface area (TPSA) is 73.3 Å². The van der Waals surface area contributed by atoms with Crippen molar-refractivity contribution in [1.29, 1.82) is 0 Å². The van der Waals surface area contributed by atoms with Crippen molar-refractivity contribution >= 4 is 5.96 Å². The third-order valence-corrected chi connectivity index (χ3v) is 4.09. The van der Waals surface area contributed by atoms with Crippen molar-refractivity contribution in [3.63, 3.8) is 0 Å². The van der Waals surface area contributed by atoms with E-state index in [9.17, 15) is 0 Å². The second-order valence-electron chi connectivity index (χ2n) is 6.10. The second-order valence-corrected chi connectivity index (χ2v) is 6.10. The molecule has 2 aromatic rings. The molecule has 0 spiro atoms. The average Bonchev–Trinajstić information content (AvgIpc) is 2.74. The number of guanidine groups is 1. The van der Waals surface area contributed by atoms with Crippen molar-refractivity contribution in [2.75, 3.05) is 34.9 Å². The first-order valence-corrected chi connectivity index (χ1v) is 9.05. The molecular formula is C21H29N3O4. The minimum absolute atomic E-state index is 0.0342. The third kappa shape index (κ3) is 6.26. The Balaban J connectivity index is 1.82. The summed E-state index contributed by atoms with van der Waals surface area (Å²) in [7, 11) is 6.62. The van der Waals surface area contributed by atoms with Gasteiger partial charge in [0.05, 0.1) is 27.9 Å². The van der Waals surface area contributed by atoms with Gasteiger partial charge in [-0.15, -0.1) is 0 Å². The molecule has 1 unspecified atom stereocenters. The lowest BCUT2D eigenvalue weighted by atomic mass is 10.2. The summed E-state index contributed by atoms with van der Waals surface area (Å²) in [6.45, 7) is 3.21. The van der Waals surface area contributed by atoms with Crippen molar-refractivity contribution in [2.24, 2.45) is 4.99 Å². The van der Waals surface area contributed by atoms with Gasteiger partial charge in [-0.05, 0) is 48.9 Å². The van der Waals surface area contributed by atoms with Crippen LogP contribution in [0.4, 0.5) is 0 Å². The zero-order chi connectivity index (χ0) is 20.4. The highest BCUT2D eigenvalue weighted by Gasteiger charge is 2.08. The smallest absolute Gasteiger partial charge is 0.191 e. The van der Waals surface area contributed by atoms with E-state index in [-0.39, 0.29) is 6.10 Å². The van der Waals surface area contributed by atoms with Crippen LogP contribution in [0.25, 0.3) is 0 Å². The highest BCUT2D eigenvalue weighted by Crippen LogP contribution is 2.27. The number of methoxy groups -OCH3 is 3. The van der Waals surface area contributed by atoms with Crippen LogP contribution >= 0.6 is 0 Å². The first kappa shape index (κ1) is 21.2. The SMILES string of the molecule is CN=C(NCc1ccc(OC)c(OC)c1)NCC(C)Oc1ccc(OC)cc1. The van der Waals surface area contributed by atoms with Crippen LogP contribution in [-0.2, 0) is 6.54 Å². The summed E-state index contributed by atoms with van der Waals surface area (Å²) in [5.41, 5.74) is 1.06. The fourth-order valence-corrected chi connectivity index (χ4v) is 2.57. The van der Waals surface area contributed by atoms with Crippen molar-refractivity contribution in [1.82, 2.24) is 10.6 Å². The van der Waals surface area contributed by atoms with Crippen LogP contribution in [-0.4, -0.2) is 47.0 Å². The van der Waals surface area contributed by atoms with Crippen molar-refractivity contribution < 1.29 is 18.9 Å². The van der Waals surface area contributed by atoms with E-state index < -0.39 is 0 Å². The van der Waals surface area contributed by atoms with Crippen LogP contribution in [0.5, 0.6) is 23.0 Å². The normalized spacial score (nSPS) is 12.1. The van der Waals surface area contributed by atoms with Crippen molar-refractivity contribution in [3.05, 3.63) is 48.0 Å². The van der Waals surface area contributed by atoms with Gasteiger partial charge in [0.2, 0.25) is 0 Å². The molecule has 0 aromatic heterocycles. The Labute approximate surface area is 166 Å². The van der Waals surface area contributed by atoms with Gasteiger partial charge in [-0.3, -0.25) is 4.99 Å². The molecule has 0 amide bonds. The summed E-state index contributed by atoms with van der Waals surface area (Å²) >= 11 is 0. The minimum atomic E-state index is -0.0342. The molecule has 0 aliphatic rings. The largest absolute Gasteiger partial charge is 0.497 e. The van der Waals surface area contributed by atoms with Crippen molar-refractivity contribution in [2.45, 2.75) is 19.6 Å². The average molecular weight is 387 g/mol. The standard InChI is InChI=1S/C21H29N3O4/c1-15(28-18-9-7-17(25-3)8-10-18)13-23-21(22-2)24-14-16-6-11-19(26-4)20(12-16)27-5/h6-12,15H,13-14H2,1-5H3,(H2,22,23,24). The summed E-state index contributed by atoms with van der Waals surface area (Å²) < 4.78 is 21.6. The van der Waals surface area contributed by atoms with Gasteiger partial charge in [-0.1, -0.05) is 6.07 Å². The fraction of sp³-hybridized carbons (Fsp3) is 0.381. The Hall–Kier alpha value is -3.09. The lowest BCUT2D eigenvalue weighted by molar-refractivity contribution is 0.223. The lowest BCUT2D eigenvalue weighted by Crippen LogP contribution is -2.41. The first-order chi connectivity index (χ1) is 13.6. The lowest BCUT2D eigenvalue weighted by Gasteiger charge is -2.18. The maximum atomic E-state index is 5.90. The van der Waals surface area contributed by atoms with Crippen LogP contribution in [0.2, 0.25) is 0 Å². The predicted octanol–water partition coefficient (Wildman–Crippen LogP) is 2.84. The molecule has 2 aromatic carbocycles. The van der Waals surface area contributed by atoms with E-state index in [1.807, 2.05) is 49.4 Å². The minimum Gasteiger partial charge on any atom is -0.497 e. The monoisotopic (exact) mass is 387 g/mol. The molecule has 0 heterocycles. The molecule has 0 aliphatic carbocycles. The summed E-state index contributed by atoms with van der Waals surface area (Å²) in [6, 6.07) is 13.3. The van der Waals surface area contributed by atoms with Gasteiger partial charge < -0.3 is 29.6 Å². The van der Waals surface area contributed by atoms with Crippen LogP contribution in [0.15, 0.2) is 47.5 Å². The molecule has 0 fully saturated rings. The van der Waals surface area contributed by atoms with E-state index in [0.29, 0.717) is 30.5 Å². The Kier molecular flexibility index (Phi) is 8.27. The summed E-state index contributed by atoms with van der Waals surface area (Å²) in [5.74, 6) is 3.70. The van der Waals surface area contributed by atoms with E-state index in [1.54, 1.807) is 28.4 Å². The zero-order valence-electron chi connectivity index (χ0n) is 17.1.